The lowest BCUT2D eigenvalue weighted by Gasteiger charge is -2.15. The third-order valence-electron chi connectivity index (χ3n) is 2.56. The van der Waals surface area contributed by atoms with Crippen LogP contribution in [0.1, 0.15) is 23.7 Å². The van der Waals surface area contributed by atoms with E-state index in [1.165, 1.54) is 6.92 Å². The molecule has 0 radical (unpaired) electrons. The molecule has 1 aromatic carbocycles. The zero-order chi connectivity index (χ0) is 13.5. The van der Waals surface area contributed by atoms with Crippen LogP contribution >= 0.6 is 0 Å². The highest BCUT2D eigenvalue weighted by atomic mass is 16.5. The molecule has 1 atom stereocenters. The van der Waals surface area contributed by atoms with E-state index in [0.29, 0.717) is 24.3 Å². The topological polar surface area (TPSA) is 81.4 Å². The quantitative estimate of drug-likeness (QED) is 0.738. The van der Waals surface area contributed by atoms with Gasteiger partial charge in [-0.1, -0.05) is 6.07 Å². The summed E-state index contributed by atoms with van der Waals surface area (Å²) in [5, 5.41) is 2.67. The highest BCUT2D eigenvalue weighted by Crippen LogP contribution is 2.07. The number of hydrogen-bond acceptors (Lipinski definition) is 4. The minimum Gasteiger partial charge on any atom is -0.399 e. The monoisotopic (exact) mass is 250 g/mol. The molecular formula is C13H18N2O3. The van der Waals surface area contributed by atoms with Crippen LogP contribution in [-0.4, -0.2) is 31.4 Å². The first-order valence-corrected chi connectivity index (χ1v) is 5.70. The van der Waals surface area contributed by atoms with Gasteiger partial charge in [0.25, 0.3) is 5.91 Å². The van der Waals surface area contributed by atoms with Crippen LogP contribution < -0.4 is 11.1 Å². The molecule has 3 N–H and O–H groups in total. The summed E-state index contributed by atoms with van der Waals surface area (Å²) in [6.45, 7) is 1.86. The van der Waals surface area contributed by atoms with Gasteiger partial charge in [0.1, 0.15) is 0 Å². The second-order valence-corrected chi connectivity index (χ2v) is 4.04. The standard InChI is InChI=1S/C13H18N2O3/c1-9(16)12(6-7-18-2)15-13(17)10-4-3-5-11(14)8-10/h3-5,8,12H,6-7,14H2,1-2H3,(H,15,17)/t12-/m0/s1. The van der Waals surface area contributed by atoms with Crippen molar-refractivity contribution in [1.82, 2.24) is 5.32 Å². The Kier molecular flexibility index (Phi) is 5.32. The second-order valence-electron chi connectivity index (χ2n) is 4.04. The van der Waals surface area contributed by atoms with Crippen molar-refractivity contribution < 1.29 is 14.3 Å². The van der Waals surface area contributed by atoms with Gasteiger partial charge >= 0.3 is 0 Å². The van der Waals surface area contributed by atoms with Gasteiger partial charge in [0, 0.05) is 25.0 Å². The molecule has 5 nitrogen and oxygen atoms in total. The Morgan fingerprint density at radius 3 is 2.72 bits per heavy atom. The molecule has 0 aliphatic carbocycles. The van der Waals surface area contributed by atoms with Gasteiger partial charge in [0.2, 0.25) is 0 Å². The van der Waals surface area contributed by atoms with Crippen LogP contribution in [0.2, 0.25) is 0 Å². The zero-order valence-corrected chi connectivity index (χ0v) is 10.6. The van der Waals surface area contributed by atoms with Crippen LogP contribution in [0.25, 0.3) is 0 Å². The number of ether oxygens (including phenoxy) is 1. The van der Waals surface area contributed by atoms with E-state index in [-0.39, 0.29) is 11.7 Å². The summed E-state index contributed by atoms with van der Waals surface area (Å²) in [4.78, 5) is 23.3. The zero-order valence-electron chi connectivity index (χ0n) is 10.6. The third kappa shape index (κ3) is 4.18. The molecule has 1 aromatic rings. The number of carbonyl (C=O) groups excluding carboxylic acids is 2. The number of nitrogens with two attached hydrogens (primary N) is 1. The van der Waals surface area contributed by atoms with Gasteiger partial charge < -0.3 is 15.8 Å². The number of nitrogens with one attached hydrogen (secondary N) is 1. The lowest BCUT2D eigenvalue weighted by Crippen LogP contribution is -2.40. The summed E-state index contributed by atoms with van der Waals surface area (Å²) in [5.74, 6) is -0.400. The summed E-state index contributed by atoms with van der Waals surface area (Å²) in [6, 6.07) is 6.09. The fourth-order valence-corrected chi connectivity index (χ4v) is 1.53. The van der Waals surface area contributed by atoms with Crippen molar-refractivity contribution in [2.45, 2.75) is 19.4 Å². The number of hydrogen-bond donors (Lipinski definition) is 2. The van der Waals surface area contributed by atoms with Gasteiger partial charge in [0.15, 0.2) is 5.78 Å². The SMILES string of the molecule is COCC[C@H](NC(=O)c1cccc(N)c1)C(C)=O. The van der Waals surface area contributed by atoms with Crippen LogP contribution in [0.15, 0.2) is 24.3 Å². The lowest BCUT2D eigenvalue weighted by molar-refractivity contribution is -0.119. The van der Waals surface area contributed by atoms with Crippen molar-refractivity contribution in [2.75, 3.05) is 19.5 Å². The molecule has 0 fully saturated rings. The minimum atomic E-state index is -0.529. The molecule has 0 saturated carbocycles. The number of carbonyl (C=O) groups is 2. The van der Waals surface area contributed by atoms with E-state index in [1.807, 2.05) is 0 Å². The number of amides is 1. The summed E-state index contributed by atoms with van der Waals surface area (Å²) >= 11 is 0. The second kappa shape index (κ2) is 6.76. The van der Waals surface area contributed by atoms with Crippen LogP contribution in [0.4, 0.5) is 5.69 Å². The number of anilines is 1. The van der Waals surface area contributed by atoms with Crippen molar-refractivity contribution in [3.05, 3.63) is 29.8 Å². The molecule has 0 saturated heterocycles. The maximum atomic E-state index is 11.9. The maximum absolute atomic E-state index is 11.9. The summed E-state index contributed by atoms with van der Waals surface area (Å²) in [7, 11) is 1.55. The first-order chi connectivity index (χ1) is 8.54. The number of benzene rings is 1. The van der Waals surface area contributed by atoms with E-state index in [0.717, 1.165) is 0 Å². The predicted octanol–water partition coefficient (Wildman–Crippen LogP) is 0.993. The molecule has 0 aliphatic heterocycles. The number of rotatable bonds is 6. The Labute approximate surface area is 106 Å². The molecule has 5 heteroatoms. The Balaban J connectivity index is 2.69. The van der Waals surface area contributed by atoms with Crippen molar-refractivity contribution >= 4 is 17.4 Å². The average molecular weight is 250 g/mol. The Hall–Kier alpha value is -1.88. The molecule has 18 heavy (non-hydrogen) atoms. The van der Waals surface area contributed by atoms with Crippen LogP contribution in [-0.2, 0) is 9.53 Å². The smallest absolute Gasteiger partial charge is 0.251 e. The predicted molar refractivity (Wildman–Crippen MR) is 69.3 cm³/mol. The summed E-state index contributed by atoms with van der Waals surface area (Å²) in [6.07, 6.45) is 0.458. The van der Waals surface area contributed by atoms with E-state index in [4.69, 9.17) is 10.5 Å². The Bertz CT molecular complexity index is 432. The molecule has 1 amide bonds. The van der Waals surface area contributed by atoms with Gasteiger partial charge in [-0.25, -0.2) is 0 Å². The number of methoxy groups -OCH3 is 1. The molecule has 0 bridgehead atoms. The van der Waals surface area contributed by atoms with Crippen LogP contribution in [0.5, 0.6) is 0 Å². The molecule has 0 aliphatic rings. The largest absolute Gasteiger partial charge is 0.399 e. The first kappa shape index (κ1) is 14.2. The molecule has 0 unspecified atom stereocenters. The van der Waals surface area contributed by atoms with E-state index >= 15 is 0 Å². The molecular weight excluding hydrogens is 232 g/mol. The fraction of sp³-hybridized carbons (Fsp3) is 0.385. The number of ketones is 1. The first-order valence-electron chi connectivity index (χ1n) is 5.70. The molecule has 98 valence electrons. The summed E-state index contributed by atoms with van der Waals surface area (Å²) in [5.41, 5.74) is 6.56. The van der Waals surface area contributed by atoms with E-state index in [9.17, 15) is 9.59 Å². The molecule has 0 aromatic heterocycles. The van der Waals surface area contributed by atoms with Crippen LogP contribution in [0, 0.1) is 0 Å². The maximum Gasteiger partial charge on any atom is 0.251 e. The Morgan fingerprint density at radius 2 is 2.17 bits per heavy atom. The Morgan fingerprint density at radius 1 is 1.44 bits per heavy atom. The highest BCUT2D eigenvalue weighted by molar-refractivity contribution is 5.98. The van der Waals surface area contributed by atoms with E-state index in [1.54, 1.807) is 31.4 Å². The molecule has 0 spiro atoms. The van der Waals surface area contributed by atoms with Gasteiger partial charge in [0.05, 0.1) is 6.04 Å². The van der Waals surface area contributed by atoms with Gasteiger partial charge in [-0.3, -0.25) is 9.59 Å². The average Bonchev–Trinajstić information content (AvgIpc) is 2.33. The highest BCUT2D eigenvalue weighted by Gasteiger charge is 2.17. The molecule has 1 rings (SSSR count). The fourth-order valence-electron chi connectivity index (χ4n) is 1.53. The number of nitrogen functional groups attached to an aromatic ring is 1. The van der Waals surface area contributed by atoms with Gasteiger partial charge in [-0.2, -0.15) is 0 Å². The van der Waals surface area contributed by atoms with Gasteiger partial charge in [-0.05, 0) is 31.5 Å². The van der Waals surface area contributed by atoms with E-state index in [2.05, 4.69) is 5.32 Å². The normalized spacial score (nSPS) is 11.9. The van der Waals surface area contributed by atoms with Crippen LogP contribution in [0.3, 0.4) is 0 Å². The van der Waals surface area contributed by atoms with E-state index < -0.39 is 6.04 Å². The lowest BCUT2D eigenvalue weighted by atomic mass is 10.1. The summed E-state index contributed by atoms with van der Waals surface area (Å²) < 4.78 is 4.91. The van der Waals surface area contributed by atoms with Crippen molar-refractivity contribution in [1.29, 1.82) is 0 Å². The van der Waals surface area contributed by atoms with Crippen molar-refractivity contribution in [3.8, 4) is 0 Å². The minimum absolute atomic E-state index is 0.0932. The number of Topliss-reactive ketones (excluding diaryl/α,β-unsaturated/α-hetero) is 1. The van der Waals surface area contributed by atoms with Gasteiger partial charge in [-0.15, -0.1) is 0 Å². The third-order valence-corrected chi connectivity index (χ3v) is 2.56. The molecule has 0 heterocycles. The van der Waals surface area contributed by atoms with Crippen molar-refractivity contribution in [3.63, 3.8) is 0 Å². The van der Waals surface area contributed by atoms with Crippen molar-refractivity contribution in [2.24, 2.45) is 0 Å².